The minimum Gasteiger partial charge on any atom is -0.344 e. The minimum absolute atomic E-state index is 0.280. The van der Waals surface area contributed by atoms with Gasteiger partial charge in [-0.05, 0) is 31.9 Å². The topological polar surface area (TPSA) is 52.5 Å². The molecule has 0 unspecified atom stereocenters. The van der Waals surface area contributed by atoms with Crippen LogP contribution in [0.2, 0.25) is 0 Å². The second-order valence-corrected chi connectivity index (χ2v) is 4.76. The predicted octanol–water partition coefficient (Wildman–Crippen LogP) is 3.08. The van der Waals surface area contributed by atoms with E-state index in [1.54, 1.807) is 6.07 Å². The Morgan fingerprint density at radius 1 is 1.44 bits per heavy atom. The van der Waals surface area contributed by atoms with Crippen LogP contribution in [-0.2, 0) is 5.41 Å². The summed E-state index contributed by atoms with van der Waals surface area (Å²) in [6, 6.07) is 8.65. The number of H-pyrrole nitrogens is 1. The van der Waals surface area contributed by atoms with Gasteiger partial charge in [0.15, 0.2) is 0 Å². The lowest BCUT2D eigenvalue weighted by Gasteiger charge is -1.99. The van der Waals surface area contributed by atoms with Gasteiger partial charge in [0.05, 0.1) is 11.8 Å². The Hall–Kier alpha value is -2.15. The molecule has 0 bridgehead atoms. The van der Waals surface area contributed by atoms with E-state index in [1.807, 2.05) is 13.0 Å². The van der Waals surface area contributed by atoms with Crippen molar-refractivity contribution >= 4 is 0 Å². The second kappa shape index (κ2) is 3.67. The number of hydrogen-bond acceptors (Lipinski definition) is 2. The lowest BCUT2D eigenvalue weighted by molar-refractivity contribution is 0.628. The molecular formula is C14H12FN3. The molecular weight excluding hydrogens is 229 g/mol. The normalized spacial score (nSPS) is 16.3. The number of imidazole rings is 1. The highest BCUT2D eigenvalue weighted by atomic mass is 19.1. The smallest absolute Gasteiger partial charge is 0.127 e. The molecule has 0 atom stereocenters. The number of halogens is 1. The van der Waals surface area contributed by atoms with E-state index in [9.17, 15) is 4.39 Å². The lowest BCUT2D eigenvalue weighted by atomic mass is 10.1. The Bertz CT molecular complexity index is 647. The summed E-state index contributed by atoms with van der Waals surface area (Å²) in [4.78, 5) is 7.64. The van der Waals surface area contributed by atoms with Gasteiger partial charge in [-0.15, -0.1) is 0 Å². The maximum Gasteiger partial charge on any atom is 0.127 e. The van der Waals surface area contributed by atoms with E-state index in [1.165, 1.54) is 12.1 Å². The van der Waals surface area contributed by atoms with E-state index in [2.05, 4.69) is 16.0 Å². The third-order valence-electron chi connectivity index (χ3n) is 3.40. The Labute approximate surface area is 104 Å². The van der Waals surface area contributed by atoms with Crippen molar-refractivity contribution in [2.75, 3.05) is 0 Å². The molecule has 2 aromatic rings. The van der Waals surface area contributed by atoms with Crippen LogP contribution in [0.15, 0.2) is 24.3 Å². The molecule has 1 aliphatic rings. The van der Waals surface area contributed by atoms with Gasteiger partial charge in [0.25, 0.3) is 0 Å². The number of rotatable bonds is 2. The van der Waals surface area contributed by atoms with Crippen molar-refractivity contribution in [2.45, 2.75) is 25.2 Å². The fourth-order valence-electron chi connectivity index (χ4n) is 2.13. The zero-order valence-electron chi connectivity index (χ0n) is 10.00. The molecule has 1 aromatic carbocycles. The summed E-state index contributed by atoms with van der Waals surface area (Å²) in [6.07, 6.45) is 1.69. The van der Waals surface area contributed by atoms with Crippen LogP contribution in [0.4, 0.5) is 4.39 Å². The number of nitrogens with one attached hydrogen (secondary N) is 1. The number of aromatic amines is 1. The zero-order chi connectivity index (χ0) is 12.8. The second-order valence-electron chi connectivity index (χ2n) is 4.76. The molecule has 0 saturated heterocycles. The van der Waals surface area contributed by atoms with Crippen LogP contribution in [0.25, 0.3) is 11.3 Å². The van der Waals surface area contributed by atoms with Crippen molar-refractivity contribution in [2.24, 2.45) is 0 Å². The van der Waals surface area contributed by atoms with Crippen LogP contribution in [-0.4, -0.2) is 9.97 Å². The first kappa shape index (κ1) is 11.0. The molecule has 90 valence electrons. The van der Waals surface area contributed by atoms with Gasteiger partial charge in [0.1, 0.15) is 17.1 Å². The van der Waals surface area contributed by atoms with E-state index >= 15 is 0 Å². The van der Waals surface area contributed by atoms with E-state index < -0.39 is 5.41 Å². The largest absolute Gasteiger partial charge is 0.344 e. The summed E-state index contributed by atoms with van der Waals surface area (Å²) >= 11 is 0. The molecule has 0 aliphatic heterocycles. The lowest BCUT2D eigenvalue weighted by Crippen LogP contribution is -2.04. The molecule has 0 radical (unpaired) electrons. The molecule has 18 heavy (non-hydrogen) atoms. The van der Waals surface area contributed by atoms with Gasteiger partial charge in [-0.1, -0.05) is 12.1 Å². The van der Waals surface area contributed by atoms with E-state index in [0.29, 0.717) is 5.82 Å². The fourth-order valence-corrected chi connectivity index (χ4v) is 2.13. The summed E-state index contributed by atoms with van der Waals surface area (Å²) in [6.45, 7) is 1.89. The summed E-state index contributed by atoms with van der Waals surface area (Å²) in [7, 11) is 0. The fraction of sp³-hybridized carbons (Fsp3) is 0.286. The van der Waals surface area contributed by atoms with Crippen LogP contribution < -0.4 is 0 Å². The average Bonchev–Trinajstić information content (AvgIpc) is 3.07. The number of nitrogens with zero attached hydrogens (tertiary/aromatic N) is 2. The van der Waals surface area contributed by atoms with Crippen molar-refractivity contribution in [1.29, 1.82) is 5.26 Å². The molecule has 1 N–H and O–H groups in total. The van der Waals surface area contributed by atoms with Gasteiger partial charge in [-0.3, -0.25) is 0 Å². The van der Waals surface area contributed by atoms with Gasteiger partial charge >= 0.3 is 0 Å². The first-order valence-electron chi connectivity index (χ1n) is 5.89. The van der Waals surface area contributed by atoms with E-state index in [4.69, 9.17) is 5.26 Å². The molecule has 0 amide bonds. The van der Waals surface area contributed by atoms with Crippen LogP contribution in [0.3, 0.4) is 0 Å². The Morgan fingerprint density at radius 2 is 2.22 bits per heavy atom. The first-order chi connectivity index (χ1) is 8.64. The molecule has 3 rings (SSSR count). The summed E-state index contributed by atoms with van der Waals surface area (Å²) in [5.74, 6) is 0.430. The number of aryl methyl sites for hydroxylation is 1. The Morgan fingerprint density at radius 3 is 2.83 bits per heavy atom. The van der Waals surface area contributed by atoms with Crippen LogP contribution in [0.1, 0.15) is 24.4 Å². The number of nitriles is 1. The van der Waals surface area contributed by atoms with Crippen LogP contribution in [0.5, 0.6) is 0 Å². The van der Waals surface area contributed by atoms with Crippen molar-refractivity contribution in [3.8, 4) is 17.3 Å². The maximum absolute atomic E-state index is 13.2. The van der Waals surface area contributed by atoms with Gasteiger partial charge in [-0.2, -0.15) is 5.26 Å². The van der Waals surface area contributed by atoms with Crippen LogP contribution in [0, 0.1) is 24.1 Å². The average molecular weight is 241 g/mol. The van der Waals surface area contributed by atoms with E-state index in [0.717, 1.165) is 29.8 Å². The van der Waals surface area contributed by atoms with Gasteiger partial charge in [-0.25, -0.2) is 9.37 Å². The molecule has 0 spiro atoms. The summed E-state index contributed by atoms with van der Waals surface area (Å²) < 4.78 is 13.2. The van der Waals surface area contributed by atoms with Crippen molar-refractivity contribution in [3.05, 3.63) is 41.6 Å². The quantitative estimate of drug-likeness (QED) is 0.878. The number of aromatic nitrogens is 2. The molecule has 3 nitrogen and oxygen atoms in total. The van der Waals surface area contributed by atoms with E-state index in [-0.39, 0.29) is 5.82 Å². The third-order valence-corrected chi connectivity index (χ3v) is 3.40. The van der Waals surface area contributed by atoms with Gasteiger partial charge in [0, 0.05) is 11.3 Å². The molecule has 1 aromatic heterocycles. The highest BCUT2D eigenvalue weighted by Gasteiger charge is 2.48. The first-order valence-corrected chi connectivity index (χ1v) is 5.89. The molecule has 1 aliphatic carbocycles. The van der Waals surface area contributed by atoms with Crippen LogP contribution >= 0.6 is 0 Å². The number of hydrogen-bond donors (Lipinski definition) is 1. The van der Waals surface area contributed by atoms with Crippen molar-refractivity contribution in [1.82, 2.24) is 9.97 Å². The summed E-state index contributed by atoms with van der Waals surface area (Å²) in [5, 5.41) is 9.15. The highest BCUT2D eigenvalue weighted by Crippen LogP contribution is 2.46. The Balaban J connectivity index is 2.07. The molecule has 1 fully saturated rings. The molecule has 4 heteroatoms. The molecule has 1 saturated carbocycles. The number of benzene rings is 1. The maximum atomic E-state index is 13.2. The van der Waals surface area contributed by atoms with Crippen molar-refractivity contribution < 1.29 is 4.39 Å². The predicted molar refractivity (Wildman–Crippen MR) is 65.2 cm³/mol. The third kappa shape index (κ3) is 1.60. The zero-order valence-corrected chi connectivity index (χ0v) is 10.00. The standard InChI is InChI=1S/C14H12FN3/c1-9-12(10-3-2-4-11(15)7-10)18-13(17-9)14(8-16)5-6-14/h2-4,7H,5-6H2,1H3,(H,17,18). The van der Waals surface area contributed by atoms with Gasteiger partial charge in [0.2, 0.25) is 0 Å². The SMILES string of the molecule is Cc1[nH]c(C2(C#N)CC2)nc1-c1cccc(F)c1. The highest BCUT2D eigenvalue weighted by molar-refractivity contribution is 5.62. The monoisotopic (exact) mass is 241 g/mol. The van der Waals surface area contributed by atoms with Crippen molar-refractivity contribution in [3.63, 3.8) is 0 Å². The van der Waals surface area contributed by atoms with Gasteiger partial charge < -0.3 is 4.98 Å². The minimum atomic E-state index is -0.434. The Kier molecular flexibility index (Phi) is 2.24. The molecule has 1 heterocycles. The summed E-state index contributed by atoms with van der Waals surface area (Å²) in [5.41, 5.74) is 1.91.